The van der Waals surface area contributed by atoms with E-state index >= 15 is 0 Å². The van der Waals surface area contributed by atoms with Gasteiger partial charge in [0.2, 0.25) is 0 Å². The van der Waals surface area contributed by atoms with E-state index in [1.165, 1.54) is 22.0 Å². The van der Waals surface area contributed by atoms with Crippen molar-refractivity contribution in [3.63, 3.8) is 0 Å². The SMILES string of the molecule is Cc1cn(C)c2cccc(C(C)CCn3c(C(F)F)cc4c(C(C)C)cccc43)c12. The lowest BCUT2D eigenvalue weighted by molar-refractivity contribution is 0.141. The molecule has 0 saturated carbocycles. The zero-order valence-corrected chi connectivity index (χ0v) is 18.4. The molecule has 0 fully saturated rings. The van der Waals surface area contributed by atoms with Crippen molar-refractivity contribution in [3.8, 4) is 0 Å². The highest BCUT2D eigenvalue weighted by atomic mass is 19.3. The number of aromatic nitrogens is 2. The quantitative estimate of drug-likeness (QED) is 0.309. The third-order valence-electron chi connectivity index (χ3n) is 6.41. The van der Waals surface area contributed by atoms with Gasteiger partial charge in [-0.1, -0.05) is 45.0 Å². The highest BCUT2D eigenvalue weighted by Gasteiger charge is 2.20. The second-order valence-corrected chi connectivity index (χ2v) is 8.81. The van der Waals surface area contributed by atoms with Crippen LogP contribution in [0, 0.1) is 6.92 Å². The summed E-state index contributed by atoms with van der Waals surface area (Å²) in [6.45, 7) is 9.14. The van der Waals surface area contributed by atoms with Crippen LogP contribution in [0.2, 0.25) is 0 Å². The fraction of sp³-hybridized carbons (Fsp3) is 0.385. The third-order valence-corrected chi connectivity index (χ3v) is 6.41. The minimum Gasteiger partial charge on any atom is -0.350 e. The van der Waals surface area contributed by atoms with Gasteiger partial charge in [0.15, 0.2) is 0 Å². The highest BCUT2D eigenvalue weighted by Crippen LogP contribution is 2.35. The molecule has 0 aliphatic rings. The van der Waals surface area contributed by atoms with Crippen LogP contribution in [0.1, 0.15) is 67.8 Å². The van der Waals surface area contributed by atoms with E-state index in [0.717, 1.165) is 22.9 Å². The molecule has 2 aromatic carbocycles. The van der Waals surface area contributed by atoms with Crippen LogP contribution in [0.5, 0.6) is 0 Å². The summed E-state index contributed by atoms with van der Waals surface area (Å²) in [5.41, 5.74) is 5.95. The van der Waals surface area contributed by atoms with Crippen molar-refractivity contribution in [2.75, 3.05) is 0 Å². The lowest BCUT2D eigenvalue weighted by Gasteiger charge is -2.17. The highest BCUT2D eigenvalue weighted by molar-refractivity contribution is 5.88. The minimum atomic E-state index is -2.48. The van der Waals surface area contributed by atoms with Crippen molar-refractivity contribution in [3.05, 3.63) is 71.0 Å². The van der Waals surface area contributed by atoms with Crippen molar-refractivity contribution in [1.29, 1.82) is 0 Å². The lowest BCUT2D eigenvalue weighted by Crippen LogP contribution is -2.07. The first-order valence-electron chi connectivity index (χ1n) is 10.7. The Kier molecular flexibility index (Phi) is 5.44. The van der Waals surface area contributed by atoms with E-state index in [9.17, 15) is 8.78 Å². The topological polar surface area (TPSA) is 9.86 Å². The Labute approximate surface area is 177 Å². The van der Waals surface area contributed by atoms with Gasteiger partial charge in [-0.15, -0.1) is 0 Å². The number of rotatable bonds is 6. The van der Waals surface area contributed by atoms with Gasteiger partial charge in [0.05, 0.1) is 5.69 Å². The van der Waals surface area contributed by atoms with Crippen LogP contribution in [0.4, 0.5) is 8.78 Å². The first-order valence-corrected chi connectivity index (χ1v) is 10.7. The number of alkyl halides is 2. The average molecular weight is 409 g/mol. The van der Waals surface area contributed by atoms with Gasteiger partial charge in [-0.25, -0.2) is 8.78 Å². The number of hydrogen-bond donors (Lipinski definition) is 0. The Morgan fingerprint density at radius 1 is 0.933 bits per heavy atom. The molecular weight excluding hydrogens is 378 g/mol. The van der Waals surface area contributed by atoms with Gasteiger partial charge >= 0.3 is 0 Å². The number of halogens is 2. The van der Waals surface area contributed by atoms with Crippen LogP contribution < -0.4 is 0 Å². The molecule has 2 heterocycles. The molecular formula is C26H30F2N2. The van der Waals surface area contributed by atoms with Crippen molar-refractivity contribution < 1.29 is 8.78 Å². The summed E-state index contributed by atoms with van der Waals surface area (Å²) in [6.07, 6.45) is 0.485. The van der Waals surface area contributed by atoms with Gasteiger partial charge in [-0.2, -0.15) is 0 Å². The molecule has 1 unspecified atom stereocenters. The Morgan fingerprint density at radius 3 is 2.27 bits per heavy atom. The molecule has 0 spiro atoms. The van der Waals surface area contributed by atoms with E-state index in [1.807, 2.05) is 22.8 Å². The monoisotopic (exact) mass is 408 g/mol. The number of fused-ring (bicyclic) bond motifs is 2. The van der Waals surface area contributed by atoms with E-state index in [1.54, 1.807) is 6.07 Å². The van der Waals surface area contributed by atoms with Crippen molar-refractivity contribution in [1.82, 2.24) is 9.13 Å². The molecule has 0 saturated heterocycles. The standard InChI is InChI=1S/C26H30F2N2/c1-16(2)19-8-6-10-22-21(19)14-24(26(27)28)30(22)13-12-17(3)20-9-7-11-23-25(20)18(4)15-29(23)5/h6-11,14-17,26H,12-13H2,1-5H3. The smallest absolute Gasteiger partial charge is 0.278 e. The van der Waals surface area contributed by atoms with Gasteiger partial charge in [0.1, 0.15) is 0 Å². The normalized spacial score (nSPS) is 13.2. The number of hydrogen-bond acceptors (Lipinski definition) is 0. The lowest BCUT2D eigenvalue weighted by atomic mass is 9.93. The predicted octanol–water partition coefficient (Wildman–Crippen LogP) is 7.70. The molecule has 158 valence electrons. The molecule has 4 rings (SSSR count). The van der Waals surface area contributed by atoms with Gasteiger partial charge in [0, 0.05) is 41.6 Å². The minimum absolute atomic E-state index is 0.124. The molecule has 4 aromatic rings. The van der Waals surface area contributed by atoms with Crippen LogP contribution in [-0.4, -0.2) is 9.13 Å². The molecule has 0 aliphatic heterocycles. The van der Waals surface area contributed by atoms with E-state index in [0.29, 0.717) is 12.5 Å². The van der Waals surface area contributed by atoms with Gasteiger partial charge in [0.25, 0.3) is 6.43 Å². The van der Waals surface area contributed by atoms with E-state index in [-0.39, 0.29) is 11.6 Å². The predicted molar refractivity (Wildman–Crippen MR) is 122 cm³/mol. The Hall–Kier alpha value is -2.62. The second kappa shape index (κ2) is 7.90. The van der Waals surface area contributed by atoms with E-state index < -0.39 is 6.43 Å². The molecule has 0 aliphatic carbocycles. The Morgan fingerprint density at radius 2 is 1.60 bits per heavy atom. The van der Waals surface area contributed by atoms with Gasteiger partial charge < -0.3 is 9.13 Å². The average Bonchev–Trinajstić information content (AvgIpc) is 3.23. The van der Waals surface area contributed by atoms with Crippen LogP contribution in [0.25, 0.3) is 21.8 Å². The van der Waals surface area contributed by atoms with Crippen molar-refractivity contribution in [2.45, 2.75) is 58.9 Å². The van der Waals surface area contributed by atoms with Crippen LogP contribution in [0.3, 0.4) is 0 Å². The molecule has 2 nitrogen and oxygen atoms in total. The number of aryl methyl sites for hydroxylation is 3. The maximum Gasteiger partial charge on any atom is 0.278 e. The van der Waals surface area contributed by atoms with Crippen molar-refractivity contribution in [2.24, 2.45) is 7.05 Å². The fourth-order valence-electron chi connectivity index (χ4n) is 4.86. The summed E-state index contributed by atoms with van der Waals surface area (Å²) in [5.74, 6) is 0.568. The molecule has 0 N–H and O–H groups in total. The van der Waals surface area contributed by atoms with E-state index in [2.05, 4.69) is 63.7 Å². The van der Waals surface area contributed by atoms with Crippen LogP contribution in [0.15, 0.2) is 48.7 Å². The first-order chi connectivity index (χ1) is 14.3. The zero-order valence-electron chi connectivity index (χ0n) is 18.4. The Bertz CT molecular complexity index is 1200. The van der Waals surface area contributed by atoms with Crippen LogP contribution in [-0.2, 0) is 13.6 Å². The van der Waals surface area contributed by atoms with E-state index in [4.69, 9.17) is 0 Å². The summed E-state index contributed by atoms with van der Waals surface area (Å²) < 4.78 is 31.8. The summed E-state index contributed by atoms with van der Waals surface area (Å²) in [5, 5.41) is 2.25. The summed E-state index contributed by atoms with van der Waals surface area (Å²) in [6, 6.07) is 14.1. The summed E-state index contributed by atoms with van der Waals surface area (Å²) in [7, 11) is 2.07. The number of nitrogens with zero attached hydrogens (tertiary/aromatic N) is 2. The molecule has 2 aromatic heterocycles. The second-order valence-electron chi connectivity index (χ2n) is 8.81. The maximum absolute atomic E-state index is 13.9. The third kappa shape index (κ3) is 3.42. The molecule has 0 bridgehead atoms. The molecule has 30 heavy (non-hydrogen) atoms. The maximum atomic E-state index is 13.9. The molecule has 1 atom stereocenters. The van der Waals surface area contributed by atoms with Gasteiger partial charge in [-0.05, 0) is 60.1 Å². The fourth-order valence-corrected chi connectivity index (χ4v) is 4.86. The number of benzene rings is 2. The molecule has 4 heteroatoms. The summed E-state index contributed by atoms with van der Waals surface area (Å²) >= 11 is 0. The van der Waals surface area contributed by atoms with Crippen molar-refractivity contribution >= 4 is 21.8 Å². The summed E-state index contributed by atoms with van der Waals surface area (Å²) in [4.78, 5) is 0. The zero-order chi connectivity index (χ0) is 21.6. The Balaban J connectivity index is 1.70. The largest absolute Gasteiger partial charge is 0.350 e. The van der Waals surface area contributed by atoms with Gasteiger partial charge in [-0.3, -0.25) is 0 Å². The first kappa shape index (κ1) is 20.6. The molecule has 0 amide bonds. The van der Waals surface area contributed by atoms with Crippen LogP contribution >= 0.6 is 0 Å². The molecule has 0 radical (unpaired) electrons.